The van der Waals surface area contributed by atoms with Crippen LogP contribution in [-0.2, 0) is 4.79 Å². The van der Waals surface area contributed by atoms with Crippen LogP contribution in [0.25, 0.3) is 5.69 Å². The largest absolute Gasteiger partial charge is 0.325 e. The number of hydrogen-bond acceptors (Lipinski definition) is 4. The first-order valence-electron chi connectivity index (χ1n) is 8.15. The van der Waals surface area contributed by atoms with Crippen LogP contribution in [0.2, 0.25) is 5.02 Å². The molecule has 0 fully saturated rings. The lowest BCUT2D eigenvalue weighted by atomic mass is 10.1. The molecule has 1 N–H and O–H groups in total. The van der Waals surface area contributed by atoms with Gasteiger partial charge in [-0.15, -0.1) is 10.2 Å². The Morgan fingerprint density at radius 1 is 1.23 bits per heavy atom. The Morgan fingerprint density at radius 3 is 2.77 bits per heavy atom. The molecule has 0 aliphatic heterocycles. The van der Waals surface area contributed by atoms with Crippen molar-refractivity contribution in [3.63, 3.8) is 0 Å². The molecule has 0 saturated heterocycles. The maximum Gasteiger partial charge on any atom is 0.237 e. The highest BCUT2D eigenvalue weighted by Crippen LogP contribution is 2.26. The third-order valence-electron chi connectivity index (χ3n) is 3.87. The van der Waals surface area contributed by atoms with Crippen LogP contribution in [0.3, 0.4) is 0 Å². The molecule has 0 bridgehead atoms. The molecule has 0 spiro atoms. The molecule has 0 aliphatic carbocycles. The minimum atomic E-state index is -0.345. The fourth-order valence-electron chi connectivity index (χ4n) is 2.57. The monoisotopic (exact) mass is 386 g/mol. The number of nitrogens with one attached hydrogen (secondary N) is 1. The molecule has 26 heavy (non-hydrogen) atoms. The highest BCUT2D eigenvalue weighted by atomic mass is 35.5. The quantitative estimate of drug-likeness (QED) is 0.648. The first-order chi connectivity index (χ1) is 12.4. The van der Waals surface area contributed by atoms with E-state index in [0.29, 0.717) is 15.9 Å². The summed E-state index contributed by atoms with van der Waals surface area (Å²) < 4.78 is 1.91. The fraction of sp³-hybridized carbons (Fsp3) is 0.211. The van der Waals surface area contributed by atoms with E-state index in [0.717, 1.165) is 11.3 Å². The van der Waals surface area contributed by atoms with Gasteiger partial charge < -0.3 is 5.32 Å². The zero-order valence-corrected chi connectivity index (χ0v) is 16.3. The van der Waals surface area contributed by atoms with Crippen LogP contribution < -0.4 is 5.32 Å². The van der Waals surface area contributed by atoms with E-state index < -0.39 is 0 Å². The molecule has 1 heterocycles. The number of hydrogen-bond donors (Lipinski definition) is 1. The maximum absolute atomic E-state index is 12.5. The lowest BCUT2D eigenvalue weighted by Crippen LogP contribution is -2.22. The molecule has 134 valence electrons. The van der Waals surface area contributed by atoms with Gasteiger partial charge in [-0.25, -0.2) is 0 Å². The number of anilines is 1. The maximum atomic E-state index is 12.5. The van der Waals surface area contributed by atoms with E-state index in [1.807, 2.05) is 30.5 Å². The number of carbonyl (C=O) groups is 1. The second-order valence-corrected chi connectivity index (χ2v) is 7.78. The second-order valence-electron chi connectivity index (χ2n) is 6.03. The van der Waals surface area contributed by atoms with Crippen molar-refractivity contribution in [1.82, 2.24) is 14.8 Å². The Bertz CT molecular complexity index is 941. The summed E-state index contributed by atoms with van der Waals surface area (Å²) >= 11 is 7.32. The van der Waals surface area contributed by atoms with Gasteiger partial charge in [0.2, 0.25) is 5.91 Å². The molecule has 3 aromatic rings. The summed E-state index contributed by atoms with van der Waals surface area (Å²) in [6.07, 6.45) is 1.67. The number of nitrogens with zero attached hydrogens (tertiary/aromatic N) is 3. The molecule has 1 amide bonds. The van der Waals surface area contributed by atoms with Gasteiger partial charge in [-0.05, 0) is 50.6 Å². The van der Waals surface area contributed by atoms with Gasteiger partial charge in [0.15, 0.2) is 5.16 Å². The van der Waals surface area contributed by atoms with Crippen molar-refractivity contribution in [2.75, 3.05) is 5.32 Å². The Morgan fingerprint density at radius 2 is 2.04 bits per heavy atom. The van der Waals surface area contributed by atoms with E-state index in [4.69, 9.17) is 11.6 Å². The summed E-state index contributed by atoms with van der Waals surface area (Å²) in [5.41, 5.74) is 4.00. The van der Waals surface area contributed by atoms with Crippen LogP contribution in [0, 0.1) is 13.8 Å². The fourth-order valence-corrected chi connectivity index (χ4v) is 3.59. The average Bonchev–Trinajstić information content (AvgIpc) is 3.02. The third-order valence-corrected chi connectivity index (χ3v) is 5.16. The summed E-state index contributed by atoms with van der Waals surface area (Å²) in [6, 6.07) is 13.3. The molecule has 5 nitrogen and oxygen atoms in total. The Kier molecular flexibility index (Phi) is 5.64. The van der Waals surface area contributed by atoms with Gasteiger partial charge in [0.25, 0.3) is 0 Å². The van der Waals surface area contributed by atoms with Gasteiger partial charge in [0, 0.05) is 10.7 Å². The molecule has 0 saturated carbocycles. The SMILES string of the molecule is Cc1ccc(-n2cnnc2SC(C)C(=O)Nc2cccc(Cl)c2)c(C)c1. The minimum absolute atomic E-state index is 0.118. The van der Waals surface area contributed by atoms with Crippen molar-refractivity contribution in [2.45, 2.75) is 31.2 Å². The second kappa shape index (κ2) is 7.93. The van der Waals surface area contributed by atoms with Crippen LogP contribution in [-0.4, -0.2) is 25.9 Å². The van der Waals surface area contributed by atoms with Gasteiger partial charge in [0.05, 0.1) is 10.9 Å². The number of carbonyl (C=O) groups excluding carboxylic acids is 1. The Hall–Kier alpha value is -2.31. The average molecular weight is 387 g/mol. The lowest BCUT2D eigenvalue weighted by Gasteiger charge is -2.14. The standard InChI is InChI=1S/C19H19ClN4OS/c1-12-7-8-17(13(2)9-12)24-11-21-23-19(24)26-14(3)18(25)22-16-6-4-5-15(20)10-16/h4-11,14H,1-3H3,(H,22,25). The van der Waals surface area contributed by atoms with Gasteiger partial charge in [-0.1, -0.05) is 47.1 Å². The van der Waals surface area contributed by atoms with Crippen molar-refractivity contribution in [3.8, 4) is 5.69 Å². The molecule has 1 aromatic heterocycles. The molecule has 2 aromatic carbocycles. The van der Waals surface area contributed by atoms with Crippen molar-refractivity contribution >= 4 is 35.0 Å². The van der Waals surface area contributed by atoms with Gasteiger partial charge in [-0.2, -0.15) is 0 Å². The summed E-state index contributed by atoms with van der Waals surface area (Å²) in [5.74, 6) is -0.118. The van der Waals surface area contributed by atoms with Crippen LogP contribution in [0.1, 0.15) is 18.1 Å². The summed E-state index contributed by atoms with van der Waals surface area (Å²) in [7, 11) is 0. The van der Waals surface area contributed by atoms with Crippen molar-refractivity contribution in [3.05, 3.63) is 64.9 Å². The number of aryl methyl sites for hydroxylation is 2. The lowest BCUT2D eigenvalue weighted by molar-refractivity contribution is -0.115. The van der Waals surface area contributed by atoms with Crippen molar-refractivity contribution in [1.29, 1.82) is 0 Å². The Labute approximate surface area is 161 Å². The van der Waals surface area contributed by atoms with E-state index >= 15 is 0 Å². The zero-order chi connectivity index (χ0) is 18.7. The highest BCUT2D eigenvalue weighted by molar-refractivity contribution is 8.00. The predicted molar refractivity (Wildman–Crippen MR) is 106 cm³/mol. The summed E-state index contributed by atoms with van der Waals surface area (Å²) in [6.45, 7) is 5.94. The van der Waals surface area contributed by atoms with Crippen LogP contribution in [0.5, 0.6) is 0 Å². The molecular weight excluding hydrogens is 368 g/mol. The van der Waals surface area contributed by atoms with Gasteiger partial charge in [-0.3, -0.25) is 9.36 Å². The molecule has 3 rings (SSSR count). The number of rotatable bonds is 5. The number of halogens is 1. The third kappa shape index (κ3) is 4.26. The molecule has 1 atom stereocenters. The van der Waals surface area contributed by atoms with Crippen LogP contribution in [0.15, 0.2) is 53.9 Å². The highest BCUT2D eigenvalue weighted by Gasteiger charge is 2.19. The van der Waals surface area contributed by atoms with E-state index in [1.165, 1.54) is 17.3 Å². The molecule has 1 unspecified atom stereocenters. The van der Waals surface area contributed by atoms with E-state index in [-0.39, 0.29) is 11.2 Å². The van der Waals surface area contributed by atoms with E-state index in [2.05, 4.69) is 28.5 Å². The predicted octanol–water partition coefficient (Wildman–Crippen LogP) is 4.66. The van der Waals surface area contributed by atoms with E-state index in [9.17, 15) is 4.79 Å². The smallest absolute Gasteiger partial charge is 0.237 e. The topological polar surface area (TPSA) is 59.8 Å². The molecule has 7 heteroatoms. The summed E-state index contributed by atoms with van der Waals surface area (Å²) in [4.78, 5) is 12.5. The number of thioether (sulfide) groups is 1. The van der Waals surface area contributed by atoms with Crippen LogP contribution in [0.4, 0.5) is 5.69 Å². The summed E-state index contributed by atoms with van der Waals surface area (Å²) in [5, 5.41) is 12.0. The molecular formula is C19H19ClN4OS. The normalized spacial score (nSPS) is 12.0. The first kappa shape index (κ1) is 18.5. The first-order valence-corrected chi connectivity index (χ1v) is 9.40. The van der Waals surface area contributed by atoms with E-state index in [1.54, 1.807) is 30.6 Å². The molecule has 0 aliphatic rings. The zero-order valence-electron chi connectivity index (χ0n) is 14.7. The van der Waals surface area contributed by atoms with Crippen LogP contribution >= 0.6 is 23.4 Å². The number of amides is 1. The van der Waals surface area contributed by atoms with Crippen molar-refractivity contribution in [2.24, 2.45) is 0 Å². The number of aromatic nitrogens is 3. The van der Waals surface area contributed by atoms with Gasteiger partial charge in [0.1, 0.15) is 6.33 Å². The van der Waals surface area contributed by atoms with Gasteiger partial charge >= 0.3 is 0 Å². The molecule has 0 radical (unpaired) electrons. The van der Waals surface area contributed by atoms with Crippen molar-refractivity contribution < 1.29 is 4.79 Å². The Balaban J connectivity index is 1.75. The minimum Gasteiger partial charge on any atom is -0.325 e. The number of benzene rings is 2.